The number of hydrogen-bond donors (Lipinski definition) is 1. The molecule has 1 saturated carbocycles. The predicted molar refractivity (Wildman–Crippen MR) is 85.2 cm³/mol. The van der Waals surface area contributed by atoms with Gasteiger partial charge in [0.25, 0.3) is 0 Å². The van der Waals surface area contributed by atoms with Gasteiger partial charge in [-0.25, -0.2) is 4.98 Å². The molecule has 0 saturated heterocycles. The minimum Gasteiger partial charge on any atom is -0.383 e. The van der Waals surface area contributed by atoms with Crippen molar-refractivity contribution in [1.82, 2.24) is 19.3 Å². The Morgan fingerprint density at radius 3 is 2.52 bits per heavy atom. The number of hydrogen-bond acceptors (Lipinski definition) is 3. The molecule has 3 rings (SSSR count). The SMILES string of the molecule is CCn1c(C2CC2)nc(-c2cn(C)nc2C(C)(C)C)c1N. The van der Waals surface area contributed by atoms with Gasteiger partial charge in [-0.2, -0.15) is 5.10 Å². The molecule has 1 aliphatic rings. The number of nitrogens with two attached hydrogens (primary N) is 1. The van der Waals surface area contributed by atoms with E-state index in [0.29, 0.717) is 5.92 Å². The highest BCUT2D eigenvalue weighted by Crippen LogP contribution is 2.43. The molecule has 0 amide bonds. The summed E-state index contributed by atoms with van der Waals surface area (Å²) in [6.45, 7) is 9.52. The average molecular weight is 287 g/mol. The predicted octanol–water partition coefficient (Wildman–Crippen LogP) is 3.06. The van der Waals surface area contributed by atoms with E-state index < -0.39 is 0 Å². The number of nitrogen functional groups attached to an aromatic ring is 1. The molecule has 1 fully saturated rings. The third-order valence-electron chi connectivity index (χ3n) is 4.09. The van der Waals surface area contributed by atoms with Crippen molar-refractivity contribution in [2.24, 2.45) is 7.05 Å². The van der Waals surface area contributed by atoms with E-state index in [9.17, 15) is 0 Å². The lowest BCUT2D eigenvalue weighted by molar-refractivity contribution is 0.554. The number of anilines is 1. The van der Waals surface area contributed by atoms with Crippen molar-refractivity contribution in [2.75, 3.05) is 5.73 Å². The first-order valence-electron chi connectivity index (χ1n) is 7.73. The van der Waals surface area contributed by atoms with Crippen LogP contribution in [0, 0.1) is 0 Å². The number of imidazole rings is 1. The Bertz CT molecular complexity index is 668. The van der Waals surface area contributed by atoms with Crippen LogP contribution in [0.25, 0.3) is 11.3 Å². The van der Waals surface area contributed by atoms with Crippen LogP contribution in [0.15, 0.2) is 6.20 Å². The lowest BCUT2D eigenvalue weighted by atomic mass is 9.89. The highest BCUT2D eigenvalue weighted by Gasteiger charge is 2.32. The Hall–Kier alpha value is -1.78. The van der Waals surface area contributed by atoms with E-state index in [1.165, 1.54) is 12.8 Å². The fraction of sp³-hybridized carbons (Fsp3) is 0.625. The monoisotopic (exact) mass is 287 g/mol. The fourth-order valence-corrected chi connectivity index (χ4v) is 2.88. The first-order chi connectivity index (χ1) is 9.82. The van der Waals surface area contributed by atoms with Crippen LogP contribution in [-0.2, 0) is 19.0 Å². The Morgan fingerprint density at radius 2 is 2.00 bits per heavy atom. The van der Waals surface area contributed by atoms with Gasteiger partial charge in [0.05, 0.1) is 5.69 Å². The molecule has 0 aromatic carbocycles. The molecule has 1 aliphatic carbocycles. The van der Waals surface area contributed by atoms with Crippen LogP contribution < -0.4 is 5.73 Å². The zero-order valence-corrected chi connectivity index (χ0v) is 13.6. The second kappa shape index (κ2) is 4.61. The highest BCUT2D eigenvalue weighted by atomic mass is 15.3. The van der Waals surface area contributed by atoms with Crippen LogP contribution in [0.2, 0.25) is 0 Å². The van der Waals surface area contributed by atoms with Gasteiger partial charge in [-0.1, -0.05) is 20.8 Å². The van der Waals surface area contributed by atoms with Gasteiger partial charge in [-0.3, -0.25) is 4.68 Å². The Balaban J connectivity index is 2.17. The maximum absolute atomic E-state index is 6.40. The van der Waals surface area contributed by atoms with Gasteiger partial charge >= 0.3 is 0 Å². The number of aromatic nitrogens is 4. The van der Waals surface area contributed by atoms with Crippen molar-refractivity contribution in [3.63, 3.8) is 0 Å². The van der Waals surface area contributed by atoms with Crippen molar-refractivity contribution in [3.8, 4) is 11.3 Å². The summed E-state index contributed by atoms with van der Waals surface area (Å²) in [6.07, 6.45) is 4.50. The van der Waals surface area contributed by atoms with Gasteiger partial charge in [0, 0.05) is 36.7 Å². The molecule has 5 nitrogen and oxygen atoms in total. The Kier molecular flexibility index (Phi) is 3.11. The summed E-state index contributed by atoms with van der Waals surface area (Å²) in [7, 11) is 1.95. The molecule has 0 bridgehead atoms. The fourth-order valence-electron chi connectivity index (χ4n) is 2.88. The topological polar surface area (TPSA) is 61.7 Å². The van der Waals surface area contributed by atoms with Gasteiger partial charge in [-0.05, 0) is 19.8 Å². The summed E-state index contributed by atoms with van der Waals surface area (Å²) in [4.78, 5) is 4.88. The van der Waals surface area contributed by atoms with Gasteiger partial charge in [0.15, 0.2) is 0 Å². The van der Waals surface area contributed by atoms with Gasteiger partial charge in [-0.15, -0.1) is 0 Å². The van der Waals surface area contributed by atoms with E-state index in [-0.39, 0.29) is 5.41 Å². The van der Waals surface area contributed by atoms with Crippen molar-refractivity contribution in [3.05, 3.63) is 17.7 Å². The van der Waals surface area contributed by atoms with Gasteiger partial charge in [0.1, 0.15) is 17.3 Å². The zero-order chi connectivity index (χ0) is 15.4. The van der Waals surface area contributed by atoms with Crippen LogP contribution in [0.4, 0.5) is 5.82 Å². The van der Waals surface area contributed by atoms with Gasteiger partial charge in [0.2, 0.25) is 0 Å². The number of aryl methyl sites for hydroxylation is 1. The van der Waals surface area contributed by atoms with E-state index >= 15 is 0 Å². The third-order valence-corrected chi connectivity index (χ3v) is 4.09. The van der Waals surface area contributed by atoms with Crippen molar-refractivity contribution in [2.45, 2.75) is 58.4 Å². The standard InChI is InChI=1S/C16H25N5/c1-6-21-14(17)12(18-15(21)10-7-8-10)11-9-20(5)19-13(11)16(2,3)4/h9-10H,6-8,17H2,1-5H3. The van der Waals surface area contributed by atoms with E-state index in [4.69, 9.17) is 10.7 Å². The molecule has 0 radical (unpaired) electrons. The average Bonchev–Trinajstić information content (AvgIpc) is 3.07. The highest BCUT2D eigenvalue weighted by molar-refractivity contribution is 5.73. The molecule has 2 heterocycles. The lowest BCUT2D eigenvalue weighted by Gasteiger charge is -2.17. The molecular formula is C16H25N5. The summed E-state index contributed by atoms with van der Waals surface area (Å²) < 4.78 is 4.02. The summed E-state index contributed by atoms with van der Waals surface area (Å²) in [5, 5.41) is 4.64. The molecule has 2 N–H and O–H groups in total. The van der Waals surface area contributed by atoms with Crippen LogP contribution in [0.3, 0.4) is 0 Å². The second-order valence-corrected chi connectivity index (χ2v) is 7.04. The van der Waals surface area contributed by atoms with Gasteiger partial charge < -0.3 is 10.3 Å². The van der Waals surface area contributed by atoms with Crippen LogP contribution in [0.5, 0.6) is 0 Å². The Labute approximate surface area is 126 Å². The van der Waals surface area contributed by atoms with Crippen LogP contribution in [0.1, 0.15) is 58.0 Å². The number of nitrogens with zero attached hydrogens (tertiary/aromatic N) is 4. The quantitative estimate of drug-likeness (QED) is 0.943. The normalized spacial score (nSPS) is 15.7. The van der Waals surface area contributed by atoms with E-state index in [2.05, 4.69) is 37.4 Å². The molecule has 114 valence electrons. The van der Waals surface area contributed by atoms with E-state index in [0.717, 1.165) is 35.1 Å². The molecule has 0 spiro atoms. The number of rotatable bonds is 3. The second-order valence-electron chi connectivity index (χ2n) is 7.04. The van der Waals surface area contributed by atoms with Crippen LogP contribution >= 0.6 is 0 Å². The molecule has 21 heavy (non-hydrogen) atoms. The van der Waals surface area contributed by atoms with Crippen molar-refractivity contribution >= 4 is 5.82 Å². The molecule has 0 atom stereocenters. The minimum absolute atomic E-state index is 0.0290. The maximum atomic E-state index is 6.40. The smallest absolute Gasteiger partial charge is 0.131 e. The maximum Gasteiger partial charge on any atom is 0.131 e. The Morgan fingerprint density at radius 1 is 1.33 bits per heavy atom. The molecule has 0 unspecified atom stereocenters. The minimum atomic E-state index is -0.0290. The molecular weight excluding hydrogens is 262 g/mol. The zero-order valence-electron chi connectivity index (χ0n) is 13.6. The first kappa shape index (κ1) is 14.2. The van der Waals surface area contributed by atoms with E-state index in [1.54, 1.807) is 0 Å². The first-order valence-corrected chi connectivity index (χ1v) is 7.73. The van der Waals surface area contributed by atoms with Crippen LogP contribution in [-0.4, -0.2) is 19.3 Å². The van der Waals surface area contributed by atoms with Crippen molar-refractivity contribution < 1.29 is 0 Å². The largest absolute Gasteiger partial charge is 0.383 e. The summed E-state index contributed by atoms with van der Waals surface area (Å²) in [5.74, 6) is 2.52. The van der Waals surface area contributed by atoms with Crippen molar-refractivity contribution in [1.29, 1.82) is 0 Å². The molecule has 0 aliphatic heterocycles. The third kappa shape index (κ3) is 2.34. The molecule has 5 heteroatoms. The van der Waals surface area contributed by atoms with E-state index in [1.807, 2.05) is 17.9 Å². The summed E-state index contributed by atoms with van der Waals surface area (Å²) in [5.41, 5.74) is 9.39. The molecule has 2 aromatic rings. The summed E-state index contributed by atoms with van der Waals surface area (Å²) >= 11 is 0. The lowest BCUT2D eigenvalue weighted by Crippen LogP contribution is -2.14. The molecule has 2 aromatic heterocycles. The summed E-state index contributed by atoms with van der Waals surface area (Å²) in [6, 6.07) is 0.